The molecule has 0 bridgehead atoms. The summed E-state index contributed by atoms with van der Waals surface area (Å²) in [6.07, 6.45) is 0.243. The van der Waals surface area contributed by atoms with Gasteiger partial charge in [0, 0.05) is 96.1 Å². The third kappa shape index (κ3) is 38.6. The van der Waals surface area contributed by atoms with Crippen LogP contribution in [0.15, 0.2) is 108 Å². The number of carbonyl (C=O) groups is 15. The Balaban J connectivity index is 0.867. The van der Waals surface area contributed by atoms with E-state index in [9.17, 15) is 90.5 Å². The van der Waals surface area contributed by atoms with E-state index in [0.29, 0.717) is 50.9 Å². The van der Waals surface area contributed by atoms with Crippen LogP contribution in [0.3, 0.4) is 0 Å². The zero-order valence-electron chi connectivity index (χ0n) is 84.9. The smallest absolute Gasteiger partial charge is 0.319 e. The number of sulfonamides is 1. The highest BCUT2D eigenvalue weighted by Gasteiger charge is 2.46. The molecule has 2 aliphatic heterocycles. The van der Waals surface area contributed by atoms with Crippen molar-refractivity contribution in [3.05, 3.63) is 114 Å². The molecule has 15 N–H and O–H groups in total. The number of nitrogens with one attached hydrogen (secondary N) is 13. The average Bonchev–Trinajstić information content (AvgIpc) is 1.73. The topological polar surface area (TPSA) is 555 Å². The number of carboxylic acid groups (broad SMARTS) is 2. The Labute approximate surface area is 833 Å². The normalized spacial score (nSPS) is 16.1. The standard InChI is InChI=1S/C99H151N17O25S/c1-18-42-102-96(131)106-70-31-24-33-72(57-70)142(134,135)112-71-32-23-30-67(56-71)73(58-81(119)120)109-98(133)105-69-38-36-68(37-39-69)104-97(132)103-45-50-139-52-54-140-53-51-138-49-40-79(117)107-75(59-82(121)122)93(128)116-47-26-35-77(116)90(125)110-83(61(3)4)91(126)101-44-41-99(11,12)95(130)141-48-27-43-100-89(124)74(55-66-28-21-20-22-29-66)108-88(123)65(10)87(137-17)76-34-25-46-115(76)80(118)60-78(136-16)86(64(9)19-2)114(15)94(129)84(62(5)6)111-92(127)85(63(7)8)113(13)14/h20-24,28-33,36-39,56-57,61-65,73-78,83-87,112H,18-19,25-27,34-35,40-55,58-60H2,1-17H3,(H,100,124)(H,101,126)(H,107,117)(H,108,123)(H,110,125)(H,111,127)(H,119,120)(H,121,122)(H2,102,106,131)(H2,103,104,132)(H2,105,109,133)/t64-,65+,73+,74-,75-,76-,77-,78+,83-,84-,85-,86-,87+/m0/s1. The summed E-state index contributed by atoms with van der Waals surface area (Å²) in [6, 6.07) is 16.4. The summed E-state index contributed by atoms with van der Waals surface area (Å²) in [5, 5.41) is 52.2. The van der Waals surface area contributed by atoms with Gasteiger partial charge in [0.2, 0.25) is 53.2 Å². The number of aliphatic carboxylic acids is 2. The number of rotatable bonds is 61. The van der Waals surface area contributed by atoms with Crippen molar-refractivity contribution in [2.45, 2.75) is 238 Å². The van der Waals surface area contributed by atoms with E-state index in [1.807, 2.05) is 97.8 Å². The number of likely N-dealkylation sites (N-methyl/N-ethyl adjacent to an activating group) is 2. The number of benzene rings is 4. The molecule has 142 heavy (non-hydrogen) atoms. The minimum Gasteiger partial charge on any atom is -0.481 e. The first-order valence-electron chi connectivity index (χ1n) is 48.6. The summed E-state index contributed by atoms with van der Waals surface area (Å²) < 4.78 is 63.7. The predicted octanol–water partition coefficient (Wildman–Crippen LogP) is 6.97. The molecule has 15 amide bonds. The first kappa shape index (κ1) is 119. The van der Waals surface area contributed by atoms with E-state index in [4.69, 9.17) is 28.4 Å². The van der Waals surface area contributed by atoms with E-state index in [1.165, 1.54) is 91.9 Å². The van der Waals surface area contributed by atoms with Crippen LogP contribution in [-0.2, 0) is 102 Å². The van der Waals surface area contributed by atoms with Crippen LogP contribution >= 0.6 is 0 Å². The van der Waals surface area contributed by atoms with Crippen molar-refractivity contribution in [1.29, 1.82) is 0 Å². The average molecular weight is 2010 g/mol. The molecule has 788 valence electrons. The van der Waals surface area contributed by atoms with Crippen molar-refractivity contribution in [3.63, 3.8) is 0 Å². The summed E-state index contributed by atoms with van der Waals surface area (Å²) >= 11 is 0. The predicted molar refractivity (Wildman–Crippen MR) is 532 cm³/mol. The zero-order valence-corrected chi connectivity index (χ0v) is 85.7. The Bertz CT molecular complexity index is 4910. The summed E-state index contributed by atoms with van der Waals surface area (Å²) in [5.74, 6) is -9.49. The van der Waals surface area contributed by atoms with Crippen molar-refractivity contribution in [3.8, 4) is 0 Å². The Morgan fingerprint density at radius 3 is 1.73 bits per heavy atom. The number of hydrogen-bond donors (Lipinski definition) is 15. The first-order chi connectivity index (χ1) is 67.3. The second-order valence-corrected chi connectivity index (χ2v) is 39.2. The monoisotopic (exact) mass is 2010 g/mol. The van der Waals surface area contributed by atoms with Crippen molar-refractivity contribution in [1.82, 2.24) is 67.5 Å². The molecule has 0 unspecified atom stereocenters. The number of ether oxygens (including phenoxy) is 6. The van der Waals surface area contributed by atoms with Gasteiger partial charge in [-0.1, -0.05) is 124 Å². The fourth-order valence-corrected chi connectivity index (χ4v) is 18.0. The highest BCUT2D eigenvalue weighted by atomic mass is 32.2. The molecule has 0 spiro atoms. The van der Waals surface area contributed by atoms with Gasteiger partial charge in [-0.15, -0.1) is 0 Å². The molecule has 2 saturated heterocycles. The second kappa shape index (κ2) is 59.7. The Morgan fingerprint density at radius 2 is 1.13 bits per heavy atom. The molecule has 13 atom stereocenters. The molecule has 42 nitrogen and oxygen atoms in total. The molecule has 0 radical (unpaired) electrons. The van der Waals surface area contributed by atoms with Gasteiger partial charge in [0.25, 0.3) is 10.0 Å². The van der Waals surface area contributed by atoms with Crippen LogP contribution in [-0.4, -0.2) is 309 Å². The highest BCUT2D eigenvalue weighted by Crippen LogP contribution is 2.33. The van der Waals surface area contributed by atoms with Gasteiger partial charge in [-0.25, -0.2) is 22.8 Å². The Morgan fingerprint density at radius 1 is 0.535 bits per heavy atom. The Hall–Kier alpha value is -12.2. The Kier molecular flexibility index (Phi) is 49.8. The van der Waals surface area contributed by atoms with Crippen LogP contribution in [0.5, 0.6) is 0 Å². The van der Waals surface area contributed by atoms with Gasteiger partial charge in [0.1, 0.15) is 30.2 Å². The number of anilines is 4. The van der Waals surface area contributed by atoms with Gasteiger partial charge < -0.3 is 117 Å². The molecule has 0 aliphatic carbocycles. The third-order valence-electron chi connectivity index (χ3n) is 24.7. The number of amides is 15. The van der Waals surface area contributed by atoms with E-state index in [1.54, 1.807) is 51.5 Å². The molecule has 4 aromatic carbocycles. The van der Waals surface area contributed by atoms with E-state index in [2.05, 4.69) is 68.5 Å². The summed E-state index contributed by atoms with van der Waals surface area (Å²) in [4.78, 5) is 208. The molecule has 4 aromatic rings. The van der Waals surface area contributed by atoms with Gasteiger partial charge in [-0.2, -0.15) is 0 Å². The molecular weight excluding hydrogens is 1860 g/mol. The van der Waals surface area contributed by atoms with Crippen molar-refractivity contribution in [2.75, 3.05) is 142 Å². The van der Waals surface area contributed by atoms with Crippen molar-refractivity contribution >= 4 is 122 Å². The van der Waals surface area contributed by atoms with E-state index in [0.717, 1.165) is 5.56 Å². The maximum absolute atomic E-state index is 14.7. The lowest BCUT2D eigenvalue weighted by Crippen LogP contribution is -2.59. The van der Waals surface area contributed by atoms with Crippen LogP contribution in [0.25, 0.3) is 0 Å². The van der Waals surface area contributed by atoms with Crippen LogP contribution in [0.1, 0.15) is 177 Å². The minimum absolute atomic E-state index is 0.0145. The van der Waals surface area contributed by atoms with E-state index < -0.39 is 178 Å². The number of urea groups is 3. The van der Waals surface area contributed by atoms with Crippen LogP contribution in [0.4, 0.5) is 37.1 Å². The molecule has 6 rings (SSSR count). The lowest BCUT2D eigenvalue weighted by Gasteiger charge is -2.41. The molecule has 0 aromatic heterocycles. The number of carbonyl (C=O) groups excluding carboxylic acids is 13. The molecule has 0 saturated carbocycles. The molecule has 2 fully saturated rings. The summed E-state index contributed by atoms with van der Waals surface area (Å²) in [7, 11) is 4.14. The number of esters is 1. The SMILES string of the molecule is CCCNC(=O)Nc1cccc(S(=O)(=O)Nc2cccc([C@@H](CC(=O)O)NC(=O)Nc3ccc(NC(=O)NCCOCCOCCOCCC(=O)N[C@@H](CC(=O)O)C(=O)N4CCC[C@H]4C(=O)N[C@H](C(=O)NCCC(C)(C)C(=O)OCCCNC(=O)[C@H](Cc4ccccc4)NC(=O)[C@H](C)[C@@H](OC)[C@@H]4CCCN4C(=O)C[C@@H](OC)[C@H]([C@@H](C)CC)N(C)C(=O)[C@@H](NC(=O)[C@H](C(C)C)N(C)C)C(C)C)C(C)C)cc3)c2)c1. The van der Waals surface area contributed by atoms with Gasteiger partial charge in [-0.3, -0.25) is 67.2 Å². The fourth-order valence-electron chi connectivity index (χ4n) is 16.9. The molecular formula is C99H151N17O25S. The second-order valence-electron chi connectivity index (χ2n) is 37.5. The van der Waals surface area contributed by atoms with Crippen molar-refractivity contribution in [2.24, 2.45) is 35.0 Å². The first-order valence-corrected chi connectivity index (χ1v) is 50.1. The number of hydrogen-bond acceptors (Lipinski definition) is 24. The lowest BCUT2D eigenvalue weighted by molar-refractivity contribution is -0.154. The van der Waals surface area contributed by atoms with Gasteiger partial charge in [-0.05, 0) is 162 Å². The maximum Gasteiger partial charge on any atom is 0.319 e. The lowest BCUT2D eigenvalue weighted by atomic mass is 9.89. The molecule has 2 heterocycles. The summed E-state index contributed by atoms with van der Waals surface area (Å²) in [6.45, 7) is 23.3. The largest absolute Gasteiger partial charge is 0.481 e. The fraction of sp³-hybridized carbons (Fsp3) is 0.606. The van der Waals surface area contributed by atoms with Gasteiger partial charge in [0.15, 0.2) is 0 Å². The summed E-state index contributed by atoms with van der Waals surface area (Å²) in [5.41, 5.74) is 0.866. The number of likely N-dealkylation sites (tertiary alicyclic amines) is 2. The van der Waals surface area contributed by atoms with Gasteiger partial charge >= 0.3 is 36.0 Å². The number of methoxy groups -OCH3 is 2. The minimum atomic E-state index is -4.20. The molecule has 43 heteroatoms. The van der Waals surface area contributed by atoms with Gasteiger partial charge in [0.05, 0.1) is 118 Å². The van der Waals surface area contributed by atoms with Crippen LogP contribution < -0.4 is 68.5 Å². The van der Waals surface area contributed by atoms with E-state index in [-0.39, 0.29) is 174 Å². The maximum atomic E-state index is 14.7. The quantitative estimate of drug-likeness (QED) is 0.0157. The van der Waals surface area contributed by atoms with E-state index >= 15 is 0 Å². The number of nitrogens with zero attached hydrogens (tertiary/aromatic N) is 4. The van der Waals surface area contributed by atoms with Crippen molar-refractivity contribution < 1.29 is 119 Å². The molecule has 2 aliphatic rings. The van der Waals surface area contributed by atoms with Crippen LogP contribution in [0, 0.1) is 35.0 Å². The zero-order chi connectivity index (χ0) is 105. The number of carboxylic acids is 2. The third-order valence-corrected chi connectivity index (χ3v) is 26.1. The van der Waals surface area contributed by atoms with Crippen LogP contribution in [0.2, 0.25) is 0 Å². The highest BCUT2D eigenvalue weighted by molar-refractivity contribution is 7.92.